The van der Waals surface area contributed by atoms with E-state index < -0.39 is 29.4 Å². The topological polar surface area (TPSA) is 94.9 Å². The van der Waals surface area contributed by atoms with Gasteiger partial charge < -0.3 is 10.2 Å². The van der Waals surface area contributed by atoms with Crippen LogP contribution in [0.15, 0.2) is 0 Å². The monoisotopic (exact) mass is 261 g/mol. The molecule has 1 rings (SSSR count). The van der Waals surface area contributed by atoms with Crippen LogP contribution in [0.1, 0.15) is 20.8 Å². The largest absolute Gasteiger partial charge is 0.478 e. The molecule has 0 aliphatic carbocycles. The summed E-state index contributed by atoms with van der Waals surface area (Å²) in [5, 5.41) is 17.3. The second kappa shape index (κ2) is 5.05. The van der Waals surface area contributed by atoms with E-state index in [0.717, 1.165) is 16.7 Å². The van der Waals surface area contributed by atoms with Gasteiger partial charge in [0.25, 0.3) is 0 Å². The average molecular weight is 261 g/mol. The molecule has 2 N–H and O–H groups in total. The van der Waals surface area contributed by atoms with Crippen molar-refractivity contribution in [1.82, 2.24) is 4.90 Å². The first-order valence-electron chi connectivity index (χ1n) is 5.17. The van der Waals surface area contributed by atoms with Gasteiger partial charge in [-0.3, -0.25) is 14.5 Å². The maximum absolute atomic E-state index is 11.7. The minimum Gasteiger partial charge on any atom is -0.478 e. The molecule has 0 spiro atoms. The number of carboxylic acid groups (broad SMARTS) is 1. The van der Waals surface area contributed by atoms with Crippen molar-refractivity contribution < 1.29 is 24.6 Å². The zero-order valence-electron chi connectivity index (χ0n) is 9.78. The van der Waals surface area contributed by atoms with Crippen LogP contribution in [0, 0.1) is 11.8 Å². The van der Waals surface area contributed by atoms with Crippen molar-refractivity contribution in [3.05, 3.63) is 0 Å². The lowest BCUT2D eigenvalue weighted by Crippen LogP contribution is -2.66. The van der Waals surface area contributed by atoms with E-state index in [1.54, 1.807) is 0 Å². The van der Waals surface area contributed by atoms with E-state index in [9.17, 15) is 19.5 Å². The van der Waals surface area contributed by atoms with Gasteiger partial charge >= 0.3 is 5.97 Å². The third kappa shape index (κ3) is 2.61. The molecule has 3 unspecified atom stereocenters. The normalized spacial score (nSPS) is 25.7. The standard InChI is InChI=1S/C10H15NO5S/c1-4(2)6-7(13)11(8(14)10(15)16)9(6)17-5(3)12/h4,6,8-9,14H,1-3H3,(H,15,16). The van der Waals surface area contributed by atoms with Gasteiger partial charge in [-0.1, -0.05) is 25.6 Å². The van der Waals surface area contributed by atoms with Gasteiger partial charge in [-0.15, -0.1) is 0 Å². The molecule has 0 radical (unpaired) electrons. The summed E-state index contributed by atoms with van der Waals surface area (Å²) in [4.78, 5) is 34.3. The number of β-lactam (4-membered cyclic amide) rings is 1. The van der Waals surface area contributed by atoms with Crippen LogP contribution in [0.3, 0.4) is 0 Å². The Kier molecular flexibility index (Phi) is 4.16. The molecule has 0 saturated carbocycles. The SMILES string of the molecule is CC(=O)SC1C(C(C)C)C(=O)N1C(O)C(=O)O. The number of nitrogens with zero attached hydrogens (tertiary/aromatic N) is 1. The van der Waals surface area contributed by atoms with Crippen LogP contribution in [-0.2, 0) is 14.4 Å². The Labute approximate surface area is 103 Å². The number of likely N-dealkylation sites (tertiary alicyclic amines) is 1. The number of hydrogen-bond donors (Lipinski definition) is 2. The number of carboxylic acids is 1. The van der Waals surface area contributed by atoms with Crippen molar-refractivity contribution in [3.8, 4) is 0 Å². The predicted molar refractivity (Wildman–Crippen MR) is 60.9 cm³/mol. The van der Waals surface area contributed by atoms with Crippen molar-refractivity contribution in [1.29, 1.82) is 0 Å². The summed E-state index contributed by atoms with van der Waals surface area (Å²) in [5.74, 6) is -2.34. The van der Waals surface area contributed by atoms with E-state index in [4.69, 9.17) is 5.11 Å². The molecule has 17 heavy (non-hydrogen) atoms. The van der Waals surface area contributed by atoms with Gasteiger partial charge in [-0.2, -0.15) is 0 Å². The third-order valence-electron chi connectivity index (χ3n) is 2.61. The second-order valence-electron chi connectivity index (χ2n) is 4.23. The third-order valence-corrected chi connectivity index (χ3v) is 3.70. The molecule has 0 aromatic heterocycles. The van der Waals surface area contributed by atoms with Crippen LogP contribution >= 0.6 is 11.8 Å². The predicted octanol–water partition coefficient (Wildman–Crippen LogP) is 0.110. The summed E-state index contributed by atoms with van der Waals surface area (Å²) in [5.41, 5.74) is 0. The molecule has 96 valence electrons. The van der Waals surface area contributed by atoms with Crippen LogP contribution in [0.5, 0.6) is 0 Å². The van der Waals surface area contributed by atoms with E-state index in [2.05, 4.69) is 0 Å². The highest BCUT2D eigenvalue weighted by atomic mass is 32.2. The van der Waals surface area contributed by atoms with Gasteiger partial charge in [0.1, 0.15) is 5.37 Å². The maximum Gasteiger partial charge on any atom is 0.354 e. The van der Waals surface area contributed by atoms with E-state index in [0.29, 0.717) is 0 Å². The van der Waals surface area contributed by atoms with Gasteiger partial charge in [-0.05, 0) is 5.92 Å². The fraction of sp³-hybridized carbons (Fsp3) is 0.700. The summed E-state index contributed by atoms with van der Waals surface area (Å²) in [6.07, 6.45) is -1.88. The highest BCUT2D eigenvalue weighted by molar-refractivity contribution is 8.14. The fourth-order valence-electron chi connectivity index (χ4n) is 1.80. The Morgan fingerprint density at radius 2 is 1.94 bits per heavy atom. The molecule has 6 nitrogen and oxygen atoms in total. The lowest BCUT2D eigenvalue weighted by molar-refractivity contribution is -0.183. The number of thioether (sulfide) groups is 1. The molecule has 0 aromatic carbocycles. The van der Waals surface area contributed by atoms with Crippen molar-refractivity contribution in [2.45, 2.75) is 32.4 Å². The fourth-order valence-corrected chi connectivity index (χ4v) is 3.05. The van der Waals surface area contributed by atoms with Crippen LogP contribution in [0.25, 0.3) is 0 Å². The Hall–Kier alpha value is -1.08. The van der Waals surface area contributed by atoms with Gasteiger partial charge in [0.15, 0.2) is 5.12 Å². The number of carbonyl (C=O) groups is 3. The van der Waals surface area contributed by atoms with Gasteiger partial charge in [0.2, 0.25) is 12.1 Å². The molecule has 3 atom stereocenters. The first-order chi connectivity index (χ1) is 7.77. The van der Waals surface area contributed by atoms with Crippen LogP contribution in [0.4, 0.5) is 0 Å². The second-order valence-corrected chi connectivity index (χ2v) is 5.52. The van der Waals surface area contributed by atoms with E-state index in [1.807, 2.05) is 13.8 Å². The highest BCUT2D eigenvalue weighted by Gasteiger charge is 2.53. The number of rotatable bonds is 4. The molecule has 1 heterocycles. The molecule has 1 amide bonds. The van der Waals surface area contributed by atoms with Crippen molar-refractivity contribution in [2.24, 2.45) is 11.8 Å². The summed E-state index contributed by atoms with van der Waals surface area (Å²) < 4.78 is 0. The number of aliphatic hydroxyl groups is 1. The summed E-state index contributed by atoms with van der Waals surface area (Å²) in [7, 11) is 0. The molecular weight excluding hydrogens is 246 g/mol. The quantitative estimate of drug-likeness (QED) is 0.697. The highest BCUT2D eigenvalue weighted by Crippen LogP contribution is 2.40. The molecule has 7 heteroatoms. The molecule has 1 fully saturated rings. The van der Waals surface area contributed by atoms with Crippen LogP contribution in [-0.4, -0.2) is 43.7 Å². The first-order valence-corrected chi connectivity index (χ1v) is 6.05. The van der Waals surface area contributed by atoms with Gasteiger partial charge in [0.05, 0.1) is 5.92 Å². The van der Waals surface area contributed by atoms with E-state index in [1.165, 1.54) is 6.92 Å². The molecule has 0 bridgehead atoms. The van der Waals surface area contributed by atoms with Gasteiger partial charge in [0, 0.05) is 6.92 Å². The zero-order valence-corrected chi connectivity index (χ0v) is 10.6. The Balaban J connectivity index is 2.87. The maximum atomic E-state index is 11.7. The number of amides is 1. The summed E-state index contributed by atoms with van der Waals surface area (Å²) in [6, 6.07) is 0. The van der Waals surface area contributed by atoms with Crippen molar-refractivity contribution >= 4 is 28.8 Å². The number of aliphatic hydroxyl groups excluding tert-OH is 1. The lowest BCUT2D eigenvalue weighted by atomic mass is 9.86. The first kappa shape index (κ1) is 14.0. The Morgan fingerprint density at radius 3 is 2.29 bits per heavy atom. The molecule has 1 aliphatic rings. The van der Waals surface area contributed by atoms with Crippen LogP contribution in [0.2, 0.25) is 0 Å². The number of carbonyl (C=O) groups excluding carboxylic acids is 2. The van der Waals surface area contributed by atoms with E-state index in [-0.39, 0.29) is 11.0 Å². The molecule has 1 saturated heterocycles. The smallest absolute Gasteiger partial charge is 0.354 e. The minimum atomic E-state index is -1.88. The van der Waals surface area contributed by atoms with Crippen LogP contribution < -0.4 is 0 Å². The summed E-state index contributed by atoms with van der Waals surface area (Å²) in [6.45, 7) is 4.98. The molecule has 1 aliphatic heterocycles. The number of hydrogen-bond acceptors (Lipinski definition) is 5. The minimum absolute atomic E-state index is 0.00315. The van der Waals surface area contributed by atoms with Crippen molar-refractivity contribution in [2.75, 3.05) is 0 Å². The van der Waals surface area contributed by atoms with E-state index >= 15 is 0 Å². The van der Waals surface area contributed by atoms with Crippen molar-refractivity contribution in [3.63, 3.8) is 0 Å². The summed E-state index contributed by atoms with van der Waals surface area (Å²) >= 11 is 0.878. The zero-order chi connectivity index (χ0) is 13.3. The lowest BCUT2D eigenvalue weighted by Gasteiger charge is -2.48. The number of aliphatic carboxylic acids is 1. The molecule has 0 aromatic rings. The van der Waals surface area contributed by atoms with Gasteiger partial charge in [-0.25, -0.2) is 4.79 Å². The molecular formula is C10H15NO5S. The average Bonchev–Trinajstić information content (AvgIpc) is 2.15. The Bertz CT molecular complexity index is 357. The Morgan fingerprint density at radius 1 is 1.41 bits per heavy atom.